The molecule has 0 fully saturated rings. The maximum atomic E-state index is 5.68. The zero-order chi connectivity index (χ0) is 19.9. The van der Waals surface area contributed by atoms with Crippen LogP contribution in [0, 0.1) is 6.92 Å². The van der Waals surface area contributed by atoms with E-state index >= 15 is 0 Å². The van der Waals surface area contributed by atoms with E-state index in [-0.39, 0.29) is 12.6 Å². The van der Waals surface area contributed by atoms with Gasteiger partial charge >= 0.3 is 0 Å². The zero-order valence-corrected chi connectivity index (χ0v) is 16.5. The van der Waals surface area contributed by atoms with Crippen LogP contribution >= 0.6 is 0 Å². The fourth-order valence-corrected chi connectivity index (χ4v) is 2.47. The van der Waals surface area contributed by atoms with Crippen molar-refractivity contribution in [3.05, 3.63) is 65.1 Å². The average Bonchev–Trinajstić information content (AvgIpc) is 3.17. The summed E-state index contributed by atoms with van der Waals surface area (Å²) in [4.78, 5) is 9.76. The van der Waals surface area contributed by atoms with Crippen molar-refractivity contribution < 1.29 is 9.57 Å². The van der Waals surface area contributed by atoms with Crippen molar-refractivity contribution in [2.24, 2.45) is 5.16 Å². The minimum absolute atomic E-state index is 0.169. The van der Waals surface area contributed by atoms with Gasteiger partial charge in [0, 0.05) is 17.8 Å². The minimum Gasteiger partial charge on any atom is -0.469 e. The molecular formula is C20H24N6O2. The van der Waals surface area contributed by atoms with Crippen molar-refractivity contribution >= 4 is 5.71 Å². The second-order valence-corrected chi connectivity index (χ2v) is 6.74. The molecule has 2 heterocycles. The van der Waals surface area contributed by atoms with Crippen LogP contribution in [0.3, 0.4) is 0 Å². The quantitative estimate of drug-likeness (QED) is 0.439. The van der Waals surface area contributed by atoms with E-state index < -0.39 is 0 Å². The van der Waals surface area contributed by atoms with Gasteiger partial charge in [0.15, 0.2) is 12.4 Å². The maximum absolute atomic E-state index is 5.68. The Morgan fingerprint density at radius 3 is 2.57 bits per heavy atom. The first-order valence-corrected chi connectivity index (χ1v) is 9.11. The molecule has 0 bridgehead atoms. The molecule has 0 aliphatic heterocycles. The summed E-state index contributed by atoms with van der Waals surface area (Å²) >= 11 is 0. The summed E-state index contributed by atoms with van der Waals surface area (Å²) in [6.45, 7) is 8.63. The summed E-state index contributed by atoms with van der Waals surface area (Å²) < 4.78 is 7.40. The molecule has 1 aromatic carbocycles. The van der Waals surface area contributed by atoms with Gasteiger partial charge in [-0.3, -0.25) is 0 Å². The lowest BCUT2D eigenvalue weighted by Crippen LogP contribution is -2.11. The first-order valence-electron chi connectivity index (χ1n) is 9.11. The van der Waals surface area contributed by atoms with Crippen LogP contribution in [-0.2, 0) is 18.1 Å². The summed E-state index contributed by atoms with van der Waals surface area (Å²) in [5, 5.41) is 15.8. The van der Waals surface area contributed by atoms with E-state index in [9.17, 15) is 0 Å². The Morgan fingerprint density at radius 2 is 1.89 bits per heavy atom. The molecule has 28 heavy (non-hydrogen) atoms. The predicted octanol–water partition coefficient (Wildman–Crippen LogP) is 3.48. The lowest BCUT2D eigenvalue weighted by molar-refractivity contribution is 0.130. The van der Waals surface area contributed by atoms with Gasteiger partial charge in [-0.15, -0.1) is 5.10 Å². The molecule has 0 atom stereocenters. The Morgan fingerprint density at radius 1 is 1.11 bits per heavy atom. The summed E-state index contributed by atoms with van der Waals surface area (Å²) in [6, 6.07) is 12.0. The summed E-state index contributed by atoms with van der Waals surface area (Å²) in [5.41, 5.74) is 3.91. The van der Waals surface area contributed by atoms with Crippen LogP contribution in [0.15, 0.2) is 47.8 Å². The molecule has 8 nitrogen and oxygen atoms in total. The number of nitrogens with zero attached hydrogens (tertiary/aromatic N) is 6. The van der Waals surface area contributed by atoms with Crippen molar-refractivity contribution in [2.45, 2.75) is 47.0 Å². The number of aromatic nitrogens is 5. The highest BCUT2D eigenvalue weighted by atomic mass is 16.6. The zero-order valence-electron chi connectivity index (χ0n) is 16.5. The third-order valence-electron chi connectivity index (χ3n) is 4.11. The molecule has 2 aromatic heterocycles. The Kier molecular flexibility index (Phi) is 6.31. The van der Waals surface area contributed by atoms with Crippen LogP contribution in [0.5, 0.6) is 5.88 Å². The van der Waals surface area contributed by atoms with Gasteiger partial charge in [-0.25, -0.2) is 9.67 Å². The number of hydrogen-bond donors (Lipinski definition) is 0. The Hall–Kier alpha value is -3.29. The summed E-state index contributed by atoms with van der Waals surface area (Å²) in [6.07, 6.45) is 1.70. The monoisotopic (exact) mass is 380 g/mol. The summed E-state index contributed by atoms with van der Waals surface area (Å²) in [7, 11) is 0. The molecule has 0 saturated carbocycles. The molecule has 0 aliphatic carbocycles. The molecule has 3 aromatic rings. The van der Waals surface area contributed by atoms with Crippen LogP contribution in [0.25, 0.3) is 0 Å². The molecule has 0 N–H and O–H groups in total. The standard InChI is InChI=1S/C20H24N6O2/c1-14(2)26-19(22-24-25-26)13-27-20-10-9-18(11-21-20)16(4)23-28-12-17-7-5-15(3)6-8-17/h5-11,14H,12-13H2,1-4H3/b23-16+. The molecule has 0 amide bonds. The van der Waals surface area contributed by atoms with E-state index in [1.807, 2.05) is 39.0 Å². The van der Waals surface area contributed by atoms with Gasteiger partial charge in [-0.2, -0.15) is 0 Å². The van der Waals surface area contributed by atoms with E-state index in [4.69, 9.17) is 9.57 Å². The van der Waals surface area contributed by atoms with Crippen LogP contribution in [0.2, 0.25) is 0 Å². The Bertz CT molecular complexity index is 917. The number of tetrazole rings is 1. The fourth-order valence-electron chi connectivity index (χ4n) is 2.47. The molecule has 8 heteroatoms. The van der Waals surface area contributed by atoms with Crippen molar-refractivity contribution in [3.8, 4) is 5.88 Å². The average molecular weight is 380 g/mol. The van der Waals surface area contributed by atoms with Crippen molar-refractivity contribution in [1.29, 1.82) is 0 Å². The number of ether oxygens (including phenoxy) is 1. The second kappa shape index (κ2) is 9.07. The molecule has 0 spiro atoms. The topological polar surface area (TPSA) is 87.3 Å². The number of rotatable bonds is 8. The van der Waals surface area contributed by atoms with Crippen molar-refractivity contribution in [1.82, 2.24) is 25.2 Å². The minimum atomic E-state index is 0.169. The van der Waals surface area contributed by atoms with Gasteiger partial charge in [0.25, 0.3) is 0 Å². The number of aryl methyl sites for hydroxylation is 1. The van der Waals surface area contributed by atoms with Crippen LogP contribution < -0.4 is 4.74 Å². The molecule has 3 rings (SSSR count). The number of hydrogen-bond acceptors (Lipinski definition) is 7. The SMILES string of the molecule is C/C(=N\OCc1ccc(C)cc1)c1ccc(OCc2nnnn2C(C)C)nc1. The van der Waals surface area contributed by atoms with Gasteiger partial charge in [-0.1, -0.05) is 35.0 Å². The largest absolute Gasteiger partial charge is 0.469 e. The first-order chi connectivity index (χ1) is 13.5. The highest BCUT2D eigenvalue weighted by molar-refractivity contribution is 5.98. The second-order valence-electron chi connectivity index (χ2n) is 6.74. The first kappa shape index (κ1) is 19.5. The van der Waals surface area contributed by atoms with E-state index in [0.717, 1.165) is 16.8 Å². The van der Waals surface area contributed by atoms with Gasteiger partial charge in [0.1, 0.15) is 6.61 Å². The fraction of sp³-hybridized carbons (Fsp3) is 0.350. The number of oxime groups is 1. The van der Waals surface area contributed by atoms with Gasteiger partial charge in [0.05, 0.1) is 11.8 Å². The number of pyridine rings is 1. The normalized spacial score (nSPS) is 11.7. The molecule has 0 radical (unpaired) electrons. The highest BCUT2D eigenvalue weighted by Gasteiger charge is 2.10. The van der Waals surface area contributed by atoms with E-state index in [2.05, 4.69) is 44.7 Å². The van der Waals surface area contributed by atoms with E-state index in [1.165, 1.54) is 5.56 Å². The third-order valence-corrected chi connectivity index (χ3v) is 4.11. The van der Waals surface area contributed by atoms with E-state index in [1.54, 1.807) is 16.9 Å². The third kappa shape index (κ3) is 5.12. The molecule has 0 unspecified atom stereocenters. The van der Waals surface area contributed by atoms with Crippen LogP contribution in [0.1, 0.15) is 49.3 Å². The lowest BCUT2D eigenvalue weighted by Gasteiger charge is -2.09. The van der Waals surface area contributed by atoms with Crippen molar-refractivity contribution in [2.75, 3.05) is 0 Å². The van der Waals surface area contributed by atoms with Crippen molar-refractivity contribution in [3.63, 3.8) is 0 Å². The van der Waals surface area contributed by atoms with Crippen LogP contribution in [0.4, 0.5) is 0 Å². The Labute approximate surface area is 164 Å². The predicted molar refractivity (Wildman–Crippen MR) is 105 cm³/mol. The lowest BCUT2D eigenvalue weighted by atomic mass is 10.2. The van der Waals surface area contributed by atoms with Gasteiger partial charge in [-0.05, 0) is 49.8 Å². The van der Waals surface area contributed by atoms with Gasteiger partial charge < -0.3 is 9.57 Å². The smallest absolute Gasteiger partial charge is 0.213 e. The Balaban J connectivity index is 1.54. The van der Waals surface area contributed by atoms with E-state index in [0.29, 0.717) is 18.3 Å². The highest BCUT2D eigenvalue weighted by Crippen LogP contribution is 2.12. The molecule has 146 valence electrons. The number of benzene rings is 1. The molecular weight excluding hydrogens is 356 g/mol. The van der Waals surface area contributed by atoms with Crippen LogP contribution in [-0.4, -0.2) is 30.9 Å². The molecule has 0 saturated heterocycles. The molecule has 0 aliphatic rings. The maximum Gasteiger partial charge on any atom is 0.213 e. The van der Waals surface area contributed by atoms with Gasteiger partial charge in [0.2, 0.25) is 5.88 Å². The summed E-state index contributed by atoms with van der Waals surface area (Å²) in [5.74, 6) is 1.15.